The molecule has 1 aromatic carbocycles. The van der Waals surface area contributed by atoms with Crippen molar-refractivity contribution in [2.75, 3.05) is 13.7 Å². The van der Waals surface area contributed by atoms with Crippen LogP contribution in [0.3, 0.4) is 0 Å². The van der Waals surface area contributed by atoms with E-state index in [9.17, 15) is 0 Å². The van der Waals surface area contributed by atoms with Crippen LogP contribution < -0.4 is 15.8 Å². The van der Waals surface area contributed by atoms with E-state index < -0.39 is 0 Å². The second kappa shape index (κ2) is 9.02. The average Bonchev–Trinajstić information content (AvgIpc) is 2.34. The predicted octanol–water partition coefficient (Wildman–Crippen LogP) is 2.44. The Labute approximate surface area is 126 Å². The molecule has 0 aliphatic carbocycles. The van der Waals surface area contributed by atoms with Crippen LogP contribution in [0.4, 0.5) is 0 Å². The number of nitrogens with two attached hydrogens (primary N) is 1. The van der Waals surface area contributed by atoms with E-state index in [1.54, 1.807) is 7.11 Å². The van der Waals surface area contributed by atoms with Crippen LogP contribution in [-0.2, 0) is 6.54 Å². The van der Waals surface area contributed by atoms with Gasteiger partial charge in [0.1, 0.15) is 5.75 Å². The highest BCUT2D eigenvalue weighted by atomic mass is 127. The van der Waals surface area contributed by atoms with Gasteiger partial charge < -0.3 is 15.8 Å². The molecule has 0 aliphatic heterocycles. The molecule has 18 heavy (non-hydrogen) atoms. The standard InChI is InChI=1S/C13H21N3O.HI/c1-4-7-15-13(14)16-9-11-6-5-10(2)8-12(11)17-3;/h5-6,8H,4,7,9H2,1-3H3,(H3,14,15,16);1H. The van der Waals surface area contributed by atoms with E-state index in [2.05, 4.69) is 17.2 Å². The van der Waals surface area contributed by atoms with Crippen LogP contribution in [0, 0.1) is 6.92 Å². The van der Waals surface area contributed by atoms with Crippen molar-refractivity contribution in [3.63, 3.8) is 0 Å². The molecular weight excluding hydrogens is 341 g/mol. The normalized spacial score (nSPS) is 10.7. The summed E-state index contributed by atoms with van der Waals surface area (Å²) in [6, 6.07) is 6.06. The molecule has 1 rings (SSSR count). The molecular formula is C13H22IN3O. The molecule has 0 spiro atoms. The Balaban J connectivity index is 0.00000289. The minimum Gasteiger partial charge on any atom is -0.496 e. The Hall–Kier alpha value is -0.980. The Morgan fingerprint density at radius 2 is 2.17 bits per heavy atom. The quantitative estimate of drug-likeness (QED) is 0.480. The molecule has 0 amide bonds. The second-order valence-corrected chi connectivity index (χ2v) is 3.94. The predicted molar refractivity (Wildman–Crippen MR) is 86.8 cm³/mol. The molecule has 0 radical (unpaired) electrons. The number of halogens is 1. The number of nitrogens with zero attached hydrogens (tertiary/aromatic N) is 1. The summed E-state index contributed by atoms with van der Waals surface area (Å²) in [7, 11) is 1.67. The monoisotopic (exact) mass is 363 g/mol. The third kappa shape index (κ3) is 5.57. The molecule has 102 valence electrons. The Morgan fingerprint density at radius 1 is 1.44 bits per heavy atom. The second-order valence-electron chi connectivity index (χ2n) is 3.94. The average molecular weight is 363 g/mol. The molecule has 0 aliphatic rings. The molecule has 1 aromatic rings. The van der Waals surface area contributed by atoms with Crippen molar-refractivity contribution >= 4 is 29.9 Å². The van der Waals surface area contributed by atoms with E-state index in [1.807, 2.05) is 25.1 Å². The van der Waals surface area contributed by atoms with Crippen LogP contribution in [0.15, 0.2) is 23.2 Å². The van der Waals surface area contributed by atoms with Gasteiger partial charge in [0.05, 0.1) is 13.7 Å². The minimum absolute atomic E-state index is 0. The third-order valence-corrected chi connectivity index (χ3v) is 2.42. The highest BCUT2D eigenvalue weighted by Gasteiger charge is 2.02. The maximum Gasteiger partial charge on any atom is 0.188 e. The van der Waals surface area contributed by atoms with Crippen molar-refractivity contribution in [1.29, 1.82) is 0 Å². The van der Waals surface area contributed by atoms with Gasteiger partial charge in [-0.1, -0.05) is 19.1 Å². The first-order chi connectivity index (χ1) is 8.17. The van der Waals surface area contributed by atoms with Crippen LogP contribution in [0.1, 0.15) is 24.5 Å². The number of hydrogen-bond donors (Lipinski definition) is 2. The van der Waals surface area contributed by atoms with Gasteiger partial charge in [0, 0.05) is 12.1 Å². The van der Waals surface area contributed by atoms with Crippen molar-refractivity contribution < 1.29 is 4.74 Å². The highest BCUT2D eigenvalue weighted by molar-refractivity contribution is 14.0. The first-order valence-electron chi connectivity index (χ1n) is 5.84. The smallest absolute Gasteiger partial charge is 0.188 e. The number of benzene rings is 1. The van der Waals surface area contributed by atoms with Gasteiger partial charge in [-0.15, -0.1) is 24.0 Å². The molecule has 0 fully saturated rings. The summed E-state index contributed by atoms with van der Waals surface area (Å²) >= 11 is 0. The maximum absolute atomic E-state index is 5.73. The molecule has 0 heterocycles. The van der Waals surface area contributed by atoms with Crippen molar-refractivity contribution in [2.45, 2.75) is 26.8 Å². The van der Waals surface area contributed by atoms with E-state index in [0.29, 0.717) is 12.5 Å². The minimum atomic E-state index is 0. The van der Waals surface area contributed by atoms with Gasteiger partial charge in [-0.25, -0.2) is 4.99 Å². The summed E-state index contributed by atoms with van der Waals surface area (Å²) in [5.41, 5.74) is 7.94. The van der Waals surface area contributed by atoms with Gasteiger partial charge in [-0.2, -0.15) is 0 Å². The maximum atomic E-state index is 5.73. The van der Waals surface area contributed by atoms with Crippen molar-refractivity contribution in [3.05, 3.63) is 29.3 Å². The molecule has 0 bridgehead atoms. The molecule has 4 nitrogen and oxygen atoms in total. The number of nitrogens with one attached hydrogen (secondary N) is 1. The van der Waals surface area contributed by atoms with Crippen molar-refractivity contribution in [1.82, 2.24) is 5.32 Å². The molecule has 5 heteroatoms. The zero-order chi connectivity index (χ0) is 12.7. The number of methoxy groups -OCH3 is 1. The zero-order valence-electron chi connectivity index (χ0n) is 11.2. The van der Waals surface area contributed by atoms with Gasteiger partial charge in [-0.05, 0) is 25.0 Å². The van der Waals surface area contributed by atoms with Crippen molar-refractivity contribution in [3.8, 4) is 5.75 Å². The Morgan fingerprint density at radius 3 is 2.78 bits per heavy atom. The van der Waals surface area contributed by atoms with Gasteiger partial charge in [0.15, 0.2) is 5.96 Å². The van der Waals surface area contributed by atoms with E-state index in [-0.39, 0.29) is 24.0 Å². The van der Waals surface area contributed by atoms with E-state index >= 15 is 0 Å². The van der Waals surface area contributed by atoms with E-state index in [4.69, 9.17) is 10.5 Å². The summed E-state index contributed by atoms with van der Waals surface area (Å²) < 4.78 is 5.31. The molecule has 0 unspecified atom stereocenters. The topological polar surface area (TPSA) is 59.6 Å². The zero-order valence-corrected chi connectivity index (χ0v) is 13.5. The summed E-state index contributed by atoms with van der Waals surface area (Å²) in [6.07, 6.45) is 1.03. The number of hydrogen-bond acceptors (Lipinski definition) is 2. The van der Waals surface area contributed by atoms with Crippen LogP contribution in [-0.4, -0.2) is 19.6 Å². The van der Waals surface area contributed by atoms with Gasteiger partial charge >= 0.3 is 0 Å². The van der Waals surface area contributed by atoms with E-state index in [0.717, 1.165) is 24.3 Å². The van der Waals surface area contributed by atoms with E-state index in [1.165, 1.54) is 5.56 Å². The van der Waals surface area contributed by atoms with Crippen LogP contribution >= 0.6 is 24.0 Å². The number of ether oxygens (including phenoxy) is 1. The number of rotatable bonds is 5. The number of aliphatic imine (C=N–C) groups is 1. The Bertz CT molecular complexity index is 394. The summed E-state index contributed by atoms with van der Waals surface area (Å²) in [4.78, 5) is 4.27. The highest BCUT2D eigenvalue weighted by Crippen LogP contribution is 2.20. The lowest BCUT2D eigenvalue weighted by atomic mass is 10.1. The molecule has 0 aromatic heterocycles. The molecule has 3 N–H and O–H groups in total. The summed E-state index contributed by atoms with van der Waals surface area (Å²) in [6.45, 7) is 5.50. The lowest BCUT2D eigenvalue weighted by Gasteiger charge is -2.08. The third-order valence-electron chi connectivity index (χ3n) is 2.42. The van der Waals surface area contributed by atoms with Gasteiger partial charge in [0.25, 0.3) is 0 Å². The molecule has 0 saturated heterocycles. The fraction of sp³-hybridized carbons (Fsp3) is 0.462. The van der Waals surface area contributed by atoms with Crippen LogP contribution in [0.2, 0.25) is 0 Å². The fourth-order valence-corrected chi connectivity index (χ4v) is 1.46. The first-order valence-corrected chi connectivity index (χ1v) is 5.84. The largest absolute Gasteiger partial charge is 0.496 e. The number of aryl methyl sites for hydroxylation is 1. The van der Waals surface area contributed by atoms with Crippen molar-refractivity contribution in [2.24, 2.45) is 10.7 Å². The lowest BCUT2D eigenvalue weighted by molar-refractivity contribution is 0.409. The van der Waals surface area contributed by atoms with Gasteiger partial charge in [0.2, 0.25) is 0 Å². The van der Waals surface area contributed by atoms with Gasteiger partial charge in [-0.3, -0.25) is 0 Å². The van der Waals surface area contributed by atoms with Crippen LogP contribution in [0.5, 0.6) is 5.75 Å². The lowest BCUT2D eigenvalue weighted by Crippen LogP contribution is -2.32. The first kappa shape index (κ1) is 17.0. The molecule has 0 saturated carbocycles. The fourth-order valence-electron chi connectivity index (χ4n) is 1.46. The summed E-state index contributed by atoms with van der Waals surface area (Å²) in [5.74, 6) is 1.34. The number of guanidine groups is 1. The molecule has 0 atom stereocenters. The SMILES string of the molecule is CCCNC(N)=NCc1ccc(C)cc1OC.I. The van der Waals surface area contributed by atoms with Crippen LogP contribution in [0.25, 0.3) is 0 Å². The Kier molecular flexibility index (Phi) is 8.53. The summed E-state index contributed by atoms with van der Waals surface area (Å²) in [5, 5.41) is 3.04.